The van der Waals surface area contributed by atoms with Crippen molar-refractivity contribution < 1.29 is 32.7 Å². The SMILES string of the molecule is C=C1c2c[c-]ccc2C2CCC3C4=C(C=CC1C42)c1ccc2c(=C)c4cc(C)ccc4c4ccc3c1c24.CC.CC.[B]B([B])C.[B]C.[B][B]B([B])C.[B][B]C.[Y]. The minimum Gasteiger partial charge on any atom is -0.183 e. The standard InChI is InChI=1S/C37H27.2C2H6.CH3B4.CH3B3.CH3B2.CH3B.Y/c1-19-8-9-26-28-15-17-32-31-16-14-27-25-7-5-4-6-22(25)20(2)23-10-12-29(36(31)34(23)27)30-13-11-24(35(28)37(30)32)21(3)33(26)18-19;2*1-2;1-5(3)4-2;1-4(2)3;1-3-2;1-2;/h5-13,15,17-18,23,27,31,34H,2-3,14,16H2,1H3;2*1-2H3;1H3;1H3;1H3;1H3;/q-1;;;;;;;. The molecule has 4 unspecified atom stereocenters. The molecule has 0 heterocycles. The Bertz CT molecular complexity index is 2170. The summed E-state index contributed by atoms with van der Waals surface area (Å²) >= 11 is 0. The third-order valence-electron chi connectivity index (χ3n) is 10.4. The summed E-state index contributed by atoms with van der Waals surface area (Å²) in [5, 5.41) is 9.32. The summed E-state index contributed by atoms with van der Waals surface area (Å²) in [6.45, 7) is 26.1. The molecule has 4 aliphatic carbocycles. The first-order valence-electron chi connectivity index (χ1n) is 19.9. The van der Waals surface area contributed by atoms with Crippen molar-refractivity contribution in [3.05, 3.63) is 124 Å². The molecule has 1 fully saturated rings. The number of aryl methyl sites for hydroxylation is 1. The average Bonchev–Trinajstić information content (AvgIpc) is 3.21. The molecule has 0 saturated heterocycles. The van der Waals surface area contributed by atoms with Crippen LogP contribution in [0.25, 0.3) is 50.0 Å². The predicted molar refractivity (Wildman–Crippen MR) is 260 cm³/mol. The smallest absolute Gasteiger partial charge is 0.0606 e. The van der Waals surface area contributed by atoms with Gasteiger partial charge in [0.2, 0.25) is 0 Å². The number of fused-ring (bicyclic) bond motifs is 6. The average molecular weight is 789 g/mol. The zero-order valence-corrected chi connectivity index (χ0v) is 38.3. The quantitative estimate of drug-likeness (QED) is 0.0689. The Morgan fingerprint density at radius 1 is 0.786 bits per heavy atom. The van der Waals surface area contributed by atoms with Gasteiger partial charge in [0, 0.05) is 97.4 Å². The van der Waals surface area contributed by atoms with Gasteiger partial charge < -0.3 is 0 Å². The summed E-state index contributed by atoms with van der Waals surface area (Å²) in [6, 6.07) is 26.3. The van der Waals surface area contributed by atoms with Crippen molar-refractivity contribution in [2.24, 2.45) is 11.8 Å². The summed E-state index contributed by atoms with van der Waals surface area (Å²) < 4.78 is 0. The summed E-state index contributed by atoms with van der Waals surface area (Å²) in [5.41, 5.74) is 11.5. The molecule has 265 valence electrons. The van der Waals surface area contributed by atoms with Gasteiger partial charge in [0.25, 0.3) is 0 Å². The Kier molecular flexibility index (Phi) is 20.9. The van der Waals surface area contributed by atoms with Crippen LogP contribution in [0, 0.1) is 24.8 Å². The molecule has 15 radical (unpaired) electrons. The van der Waals surface area contributed by atoms with Crippen LogP contribution in [0.5, 0.6) is 0 Å². The van der Waals surface area contributed by atoms with E-state index in [2.05, 4.69) is 107 Å². The van der Waals surface area contributed by atoms with E-state index in [1.807, 2.05) is 34.5 Å². The Labute approximate surface area is 376 Å². The van der Waals surface area contributed by atoms with Crippen molar-refractivity contribution in [3.63, 3.8) is 0 Å². The van der Waals surface area contributed by atoms with Crippen molar-refractivity contribution >= 4 is 124 Å². The van der Waals surface area contributed by atoms with Crippen LogP contribution in [-0.4, -0.2) is 73.8 Å². The minimum absolute atomic E-state index is 0. The van der Waals surface area contributed by atoms with Crippen molar-refractivity contribution in [1.82, 2.24) is 0 Å². The topological polar surface area (TPSA) is 0 Å². The van der Waals surface area contributed by atoms with E-state index in [0.717, 1.165) is 5.22 Å². The molecule has 56 heavy (non-hydrogen) atoms. The first-order chi connectivity index (χ1) is 26.5. The number of hydrogen-bond acceptors (Lipinski definition) is 0. The molecule has 5 aromatic rings. The molecule has 11 heteroatoms. The van der Waals surface area contributed by atoms with Gasteiger partial charge in [-0.15, -0.1) is 38.2 Å². The van der Waals surface area contributed by atoms with E-state index in [0.29, 0.717) is 23.7 Å². The second-order valence-corrected chi connectivity index (χ2v) is 13.9. The van der Waals surface area contributed by atoms with Crippen LogP contribution < -0.4 is 5.22 Å². The van der Waals surface area contributed by atoms with E-state index in [1.54, 1.807) is 19.2 Å². The Morgan fingerprint density at radius 3 is 1.98 bits per heavy atom. The summed E-state index contributed by atoms with van der Waals surface area (Å²) in [6.07, 6.45) is 7.35. The molecule has 0 spiro atoms. The zero-order chi connectivity index (χ0) is 41.1. The fraction of sp³-hybridized carbons (Fsp3) is 0.333. The van der Waals surface area contributed by atoms with Crippen LogP contribution in [0.3, 0.4) is 0 Å². The molecule has 9 rings (SSSR count). The fourth-order valence-corrected chi connectivity index (χ4v) is 8.63. The van der Waals surface area contributed by atoms with Gasteiger partial charge in [0.1, 0.15) is 0 Å². The number of rotatable bonds is 1. The maximum atomic E-state index is 5.11. The molecular weight excluding hydrogens is 738 g/mol. The van der Waals surface area contributed by atoms with E-state index in [4.69, 9.17) is 38.7 Å². The maximum Gasteiger partial charge on any atom is 0.0606 e. The van der Waals surface area contributed by atoms with Gasteiger partial charge in [-0.05, 0) is 91.8 Å². The Hall–Kier alpha value is -2.15. The zero-order valence-electron chi connectivity index (χ0n) is 35.4. The predicted octanol–water partition coefficient (Wildman–Crippen LogP) is 9.22. The number of benzene rings is 5. The van der Waals surface area contributed by atoms with Gasteiger partial charge in [0.05, 0.1) is 15.0 Å². The molecule has 0 bridgehead atoms. The largest absolute Gasteiger partial charge is 0.183 e. The Morgan fingerprint density at radius 2 is 1.38 bits per heavy atom. The monoisotopic (exact) mass is 790 g/mol. The van der Waals surface area contributed by atoms with Crippen molar-refractivity contribution in [3.8, 4) is 0 Å². The van der Waals surface area contributed by atoms with Crippen LogP contribution in [0.1, 0.15) is 80.2 Å². The van der Waals surface area contributed by atoms with E-state index in [9.17, 15) is 0 Å². The molecule has 5 aromatic carbocycles. The van der Waals surface area contributed by atoms with Crippen molar-refractivity contribution in [1.29, 1.82) is 0 Å². The molecule has 0 aromatic heterocycles. The second-order valence-electron chi connectivity index (χ2n) is 13.9. The number of allylic oxidation sites excluding steroid dienone is 5. The van der Waals surface area contributed by atoms with Crippen LogP contribution in [-0.2, 0) is 32.7 Å². The van der Waals surface area contributed by atoms with Gasteiger partial charge in [0.15, 0.2) is 0 Å². The molecule has 4 atom stereocenters. The molecule has 0 N–H and O–H groups in total. The van der Waals surface area contributed by atoms with Gasteiger partial charge in [-0.3, -0.25) is 0 Å². The van der Waals surface area contributed by atoms with E-state index in [1.165, 1.54) is 105 Å². The molecular formula is C45H51B10Y-. The van der Waals surface area contributed by atoms with Crippen molar-refractivity contribution in [2.75, 3.05) is 0 Å². The fourth-order valence-electron chi connectivity index (χ4n) is 8.63. The van der Waals surface area contributed by atoms with E-state index < -0.39 is 0 Å². The minimum atomic E-state index is -0.167. The van der Waals surface area contributed by atoms with Gasteiger partial charge in [-0.1, -0.05) is 112 Å². The number of hydrogen-bond donors (Lipinski definition) is 0. The third-order valence-corrected chi connectivity index (χ3v) is 10.4. The first-order valence-corrected chi connectivity index (χ1v) is 19.9. The normalized spacial score (nSPS) is 18.2. The van der Waals surface area contributed by atoms with Crippen LogP contribution in [0.4, 0.5) is 0 Å². The molecule has 0 nitrogen and oxygen atoms in total. The third kappa shape index (κ3) is 9.99. The van der Waals surface area contributed by atoms with E-state index in [-0.39, 0.29) is 45.7 Å². The van der Waals surface area contributed by atoms with Crippen LogP contribution in [0.15, 0.2) is 85.0 Å². The molecule has 0 aliphatic heterocycles. The van der Waals surface area contributed by atoms with Crippen LogP contribution in [0.2, 0.25) is 27.3 Å². The summed E-state index contributed by atoms with van der Waals surface area (Å²) in [7, 11) is 32.0. The van der Waals surface area contributed by atoms with Gasteiger partial charge in [-0.2, -0.15) is 24.3 Å². The van der Waals surface area contributed by atoms with E-state index >= 15 is 0 Å². The second kappa shape index (κ2) is 23.4. The van der Waals surface area contributed by atoms with Crippen molar-refractivity contribution in [2.45, 2.75) is 86.6 Å². The maximum absolute atomic E-state index is 5.11. The van der Waals surface area contributed by atoms with Gasteiger partial charge >= 0.3 is 0 Å². The van der Waals surface area contributed by atoms with Crippen LogP contribution >= 0.6 is 0 Å². The molecule has 1 saturated carbocycles. The molecule has 0 amide bonds. The Balaban J connectivity index is 0.000000494. The first kappa shape index (κ1) is 50.0. The summed E-state index contributed by atoms with van der Waals surface area (Å²) in [4.78, 5) is 0. The molecule has 4 aliphatic rings. The van der Waals surface area contributed by atoms with Gasteiger partial charge in [-0.25, -0.2) is 0 Å². The summed E-state index contributed by atoms with van der Waals surface area (Å²) in [5.74, 6) is 1.95.